The van der Waals surface area contributed by atoms with Crippen molar-refractivity contribution >= 4 is 39.0 Å². The zero-order valence-electron chi connectivity index (χ0n) is 18.4. The van der Waals surface area contributed by atoms with Gasteiger partial charge in [-0.05, 0) is 51.0 Å². The molecule has 0 unspecified atom stereocenters. The summed E-state index contributed by atoms with van der Waals surface area (Å²) in [4.78, 5) is 17.7. The van der Waals surface area contributed by atoms with Gasteiger partial charge in [-0.1, -0.05) is 0 Å². The molecule has 5 N–H and O–H groups in total. The van der Waals surface area contributed by atoms with Crippen LogP contribution in [-0.2, 0) is 5.54 Å². The van der Waals surface area contributed by atoms with Gasteiger partial charge in [0.15, 0.2) is 5.82 Å². The zero-order chi connectivity index (χ0) is 23.6. The number of aromatic nitrogens is 3. The van der Waals surface area contributed by atoms with E-state index in [1.807, 2.05) is 0 Å². The molecule has 0 aliphatic carbocycles. The Bertz CT molecular complexity index is 1300. The fourth-order valence-corrected chi connectivity index (χ4v) is 7.50. The van der Waals surface area contributed by atoms with Crippen molar-refractivity contribution < 1.29 is 18.2 Å². The number of halogens is 1. The molecule has 4 heterocycles. The molecule has 1 saturated heterocycles. The van der Waals surface area contributed by atoms with Gasteiger partial charge in [0, 0.05) is 17.4 Å². The van der Waals surface area contributed by atoms with E-state index in [9.17, 15) is 9.11 Å². The second kappa shape index (κ2) is 7.24. The normalized spacial score (nSPS) is 28.9. The van der Waals surface area contributed by atoms with Gasteiger partial charge in [-0.3, -0.25) is 14.1 Å². The highest BCUT2D eigenvalue weighted by Gasteiger charge is 2.62. The molecule has 2 bridgehead atoms. The smallest absolute Gasteiger partial charge is 0.232 e. The second-order valence-corrected chi connectivity index (χ2v) is 11.4. The minimum Gasteiger partial charge on any atom is -0.480 e. The average molecular weight is 473 g/mol. The predicted octanol–water partition coefficient (Wildman–Crippen LogP) is 4.17. The SMILES string of the molecule is COc1cnc2c(Nc3ccc(F)c([C@@]4(C)N=C(N)[C@@]5(C)CC[C@@H]4S5(O)O)c3)nccc2n1. The molecule has 11 heteroatoms. The summed E-state index contributed by atoms with van der Waals surface area (Å²) in [5, 5.41) is 2.53. The Balaban J connectivity index is 1.57. The number of amidine groups is 1. The van der Waals surface area contributed by atoms with Gasteiger partial charge >= 0.3 is 0 Å². The quantitative estimate of drug-likeness (QED) is 0.444. The number of nitrogens with two attached hydrogens (primary N) is 1. The van der Waals surface area contributed by atoms with Crippen LogP contribution in [0.15, 0.2) is 41.7 Å². The van der Waals surface area contributed by atoms with Crippen LogP contribution in [0.2, 0.25) is 0 Å². The molecule has 1 aromatic carbocycles. The lowest BCUT2D eigenvalue weighted by molar-refractivity contribution is 0.386. The minimum atomic E-state index is -3.14. The van der Waals surface area contributed by atoms with Crippen LogP contribution in [0.5, 0.6) is 5.88 Å². The predicted molar refractivity (Wildman–Crippen MR) is 127 cm³/mol. The van der Waals surface area contributed by atoms with Crippen LogP contribution in [0.1, 0.15) is 32.3 Å². The Morgan fingerprint density at radius 3 is 2.79 bits per heavy atom. The number of pyridine rings is 1. The standard InChI is InChI=1S/C22H25FN6O3S/c1-21-8-6-16(33(21,30)31)22(2,29-20(21)24)13-10-12(4-5-14(13)23)27-19-18-15(7-9-25-19)28-17(32-3)11-26-18/h4-5,7,9-11,16,30-31H,6,8H2,1-3H3,(H2,24,29)(H,25,27)/t16-,21+,22+/m0/s1. The molecule has 0 saturated carbocycles. The van der Waals surface area contributed by atoms with Gasteiger partial charge in [-0.25, -0.2) is 19.3 Å². The molecule has 3 aromatic rings. The topological polar surface area (TPSA) is 139 Å². The lowest BCUT2D eigenvalue weighted by atomic mass is 9.86. The molecule has 5 rings (SSSR count). The molecule has 2 aliphatic rings. The molecule has 2 aromatic heterocycles. The molecular weight excluding hydrogens is 447 g/mol. The van der Waals surface area contributed by atoms with Gasteiger partial charge < -0.3 is 15.8 Å². The summed E-state index contributed by atoms with van der Waals surface area (Å²) in [7, 11) is -1.63. The van der Waals surface area contributed by atoms with E-state index in [2.05, 4.69) is 25.3 Å². The molecule has 0 radical (unpaired) electrons. The first-order valence-corrected chi connectivity index (χ1v) is 12.1. The lowest BCUT2D eigenvalue weighted by Gasteiger charge is -2.54. The lowest BCUT2D eigenvalue weighted by Crippen LogP contribution is -2.53. The maximum Gasteiger partial charge on any atom is 0.232 e. The summed E-state index contributed by atoms with van der Waals surface area (Å²) < 4.78 is 41.4. The molecule has 3 atom stereocenters. The summed E-state index contributed by atoms with van der Waals surface area (Å²) >= 11 is 0. The number of fused-ring (bicyclic) bond motifs is 3. The number of nitrogens with one attached hydrogen (secondary N) is 1. The monoisotopic (exact) mass is 472 g/mol. The Hall–Kier alpha value is -3.02. The molecule has 2 aliphatic heterocycles. The van der Waals surface area contributed by atoms with Crippen molar-refractivity contribution in [2.45, 2.75) is 42.2 Å². The first-order chi connectivity index (χ1) is 15.6. The average Bonchev–Trinajstić information content (AvgIpc) is 2.97. The number of ether oxygens (including phenoxy) is 1. The molecule has 0 amide bonds. The molecule has 1 fully saturated rings. The summed E-state index contributed by atoms with van der Waals surface area (Å²) in [5.74, 6) is 0.471. The van der Waals surface area contributed by atoms with E-state index in [1.165, 1.54) is 19.4 Å². The number of methoxy groups -OCH3 is 1. The zero-order valence-corrected chi connectivity index (χ0v) is 19.2. The van der Waals surface area contributed by atoms with Crippen LogP contribution in [-0.4, -0.2) is 47.0 Å². The highest BCUT2D eigenvalue weighted by molar-refractivity contribution is 8.26. The maximum absolute atomic E-state index is 15.1. The Labute approximate surface area is 191 Å². The van der Waals surface area contributed by atoms with Crippen molar-refractivity contribution in [2.75, 3.05) is 12.4 Å². The largest absolute Gasteiger partial charge is 0.480 e. The van der Waals surface area contributed by atoms with Crippen molar-refractivity contribution in [3.8, 4) is 5.88 Å². The third-order valence-electron chi connectivity index (χ3n) is 6.89. The van der Waals surface area contributed by atoms with Gasteiger partial charge in [0.05, 0.1) is 24.1 Å². The van der Waals surface area contributed by atoms with Crippen LogP contribution in [0.3, 0.4) is 0 Å². The fourth-order valence-electron chi connectivity index (χ4n) is 4.84. The summed E-state index contributed by atoms with van der Waals surface area (Å²) in [6.07, 6.45) is 4.06. The van der Waals surface area contributed by atoms with E-state index in [0.29, 0.717) is 41.3 Å². The number of nitrogens with zero attached hydrogens (tertiary/aromatic N) is 4. The molecule has 33 heavy (non-hydrogen) atoms. The van der Waals surface area contributed by atoms with Crippen LogP contribution in [0.25, 0.3) is 11.0 Å². The van der Waals surface area contributed by atoms with Crippen molar-refractivity contribution in [3.63, 3.8) is 0 Å². The maximum atomic E-state index is 15.1. The van der Waals surface area contributed by atoms with E-state index in [0.717, 1.165) is 0 Å². The second-order valence-electron chi connectivity index (χ2n) is 8.75. The number of anilines is 2. The van der Waals surface area contributed by atoms with Gasteiger partial charge in [0.2, 0.25) is 5.88 Å². The van der Waals surface area contributed by atoms with Gasteiger partial charge in [-0.15, -0.1) is 0 Å². The van der Waals surface area contributed by atoms with Crippen LogP contribution in [0, 0.1) is 5.82 Å². The number of aliphatic imine (C=N–C) groups is 1. The highest BCUT2D eigenvalue weighted by atomic mass is 32.3. The number of hydrogen-bond acceptors (Lipinski definition) is 9. The fraction of sp³-hybridized carbons (Fsp3) is 0.364. The third kappa shape index (κ3) is 3.06. The summed E-state index contributed by atoms with van der Waals surface area (Å²) in [6.45, 7) is 3.43. The molecule has 9 nitrogen and oxygen atoms in total. The Morgan fingerprint density at radius 2 is 2.03 bits per heavy atom. The van der Waals surface area contributed by atoms with E-state index in [-0.39, 0.29) is 11.4 Å². The number of benzene rings is 1. The molecular formula is C22H25FN6O3S. The summed E-state index contributed by atoms with van der Waals surface area (Å²) in [6, 6.07) is 6.23. The van der Waals surface area contributed by atoms with Crippen molar-refractivity contribution in [1.29, 1.82) is 0 Å². The van der Waals surface area contributed by atoms with Gasteiger partial charge in [0.1, 0.15) is 27.5 Å². The molecule has 174 valence electrons. The Morgan fingerprint density at radius 1 is 1.24 bits per heavy atom. The number of hydrogen-bond donors (Lipinski definition) is 4. The van der Waals surface area contributed by atoms with Gasteiger partial charge in [-0.2, -0.15) is 10.6 Å². The summed E-state index contributed by atoms with van der Waals surface area (Å²) in [5.41, 5.74) is 6.88. The van der Waals surface area contributed by atoms with E-state index < -0.39 is 31.9 Å². The van der Waals surface area contributed by atoms with E-state index in [1.54, 1.807) is 38.2 Å². The Kier molecular flexibility index (Phi) is 4.78. The first kappa shape index (κ1) is 21.8. The number of rotatable bonds is 4. The minimum absolute atomic E-state index is 0.149. The van der Waals surface area contributed by atoms with E-state index >= 15 is 4.39 Å². The van der Waals surface area contributed by atoms with Gasteiger partial charge in [0.25, 0.3) is 0 Å². The highest BCUT2D eigenvalue weighted by Crippen LogP contribution is 2.71. The van der Waals surface area contributed by atoms with Crippen molar-refractivity contribution in [1.82, 2.24) is 15.0 Å². The van der Waals surface area contributed by atoms with Crippen LogP contribution >= 0.6 is 10.6 Å². The van der Waals surface area contributed by atoms with E-state index in [4.69, 9.17) is 10.5 Å². The van der Waals surface area contributed by atoms with Crippen LogP contribution < -0.4 is 15.8 Å². The van der Waals surface area contributed by atoms with Crippen molar-refractivity contribution in [2.24, 2.45) is 10.7 Å². The first-order valence-electron chi connectivity index (χ1n) is 10.5. The van der Waals surface area contributed by atoms with Crippen LogP contribution in [0.4, 0.5) is 15.9 Å². The molecule has 0 spiro atoms. The van der Waals surface area contributed by atoms with Crippen molar-refractivity contribution in [3.05, 3.63) is 48.0 Å². The third-order valence-corrected chi connectivity index (χ3v) is 10.1.